The van der Waals surface area contributed by atoms with Crippen LogP contribution < -0.4 is 11.1 Å². The Kier molecular flexibility index (Phi) is 3.31. The van der Waals surface area contributed by atoms with E-state index in [-0.39, 0.29) is 17.5 Å². The van der Waals surface area contributed by atoms with Gasteiger partial charge in [-0.1, -0.05) is 0 Å². The Bertz CT molecular complexity index is 886. The maximum Gasteiger partial charge on any atom is 0.419 e. The fourth-order valence-corrected chi connectivity index (χ4v) is 2.09. The van der Waals surface area contributed by atoms with Crippen LogP contribution in [0.1, 0.15) is 5.56 Å². The third-order valence-electron chi connectivity index (χ3n) is 3.15. The molecule has 3 aromatic rings. The molecule has 0 aliphatic carbocycles. The lowest BCUT2D eigenvalue weighted by Gasteiger charge is -2.11. The molecule has 0 aliphatic heterocycles. The smallest absolute Gasteiger partial charge is 0.368 e. The van der Waals surface area contributed by atoms with Crippen LogP contribution in [0.2, 0.25) is 0 Å². The molecule has 0 radical (unpaired) electrons. The summed E-state index contributed by atoms with van der Waals surface area (Å²) in [5, 5.41) is 7.23. The third-order valence-corrected chi connectivity index (χ3v) is 3.15. The summed E-state index contributed by atoms with van der Waals surface area (Å²) in [6, 6.07) is 2.50. The van der Waals surface area contributed by atoms with Gasteiger partial charge in [0.05, 0.1) is 17.1 Å². The Labute approximate surface area is 126 Å². The molecule has 0 bridgehead atoms. The third kappa shape index (κ3) is 2.74. The topological polar surface area (TPSA) is 81.7 Å². The molecule has 0 amide bonds. The van der Waals surface area contributed by atoms with Gasteiger partial charge in [-0.2, -0.15) is 28.2 Å². The van der Waals surface area contributed by atoms with Gasteiger partial charge in [0.15, 0.2) is 5.65 Å². The zero-order valence-corrected chi connectivity index (χ0v) is 11.7. The predicted molar refractivity (Wildman–Crippen MR) is 75.4 cm³/mol. The zero-order valence-electron chi connectivity index (χ0n) is 11.7. The maximum atomic E-state index is 13.6. The molecule has 0 saturated carbocycles. The number of aromatic nitrogens is 4. The highest BCUT2D eigenvalue weighted by Crippen LogP contribution is 2.33. The molecule has 2 heterocycles. The Morgan fingerprint density at radius 1 is 1.22 bits per heavy atom. The van der Waals surface area contributed by atoms with Gasteiger partial charge in [0, 0.05) is 12.7 Å². The summed E-state index contributed by atoms with van der Waals surface area (Å²) in [5.74, 6) is -1.21. The minimum Gasteiger partial charge on any atom is -0.368 e. The number of anilines is 3. The van der Waals surface area contributed by atoms with E-state index in [4.69, 9.17) is 5.73 Å². The molecule has 3 rings (SSSR count). The first kappa shape index (κ1) is 15.0. The molecule has 0 fully saturated rings. The number of benzene rings is 1. The highest BCUT2D eigenvalue weighted by Gasteiger charge is 2.33. The molecule has 1 aromatic carbocycles. The fraction of sp³-hybridized carbons (Fsp3) is 0.154. The molecular formula is C13H10F4N6. The second-order valence-corrected chi connectivity index (χ2v) is 4.75. The predicted octanol–water partition coefficient (Wildman–Crippen LogP) is 2.85. The quantitative estimate of drug-likeness (QED) is 0.708. The van der Waals surface area contributed by atoms with E-state index < -0.39 is 17.6 Å². The fourth-order valence-electron chi connectivity index (χ4n) is 2.09. The van der Waals surface area contributed by atoms with Gasteiger partial charge in [0.25, 0.3) is 0 Å². The van der Waals surface area contributed by atoms with Crippen LogP contribution in [0, 0.1) is 5.82 Å². The standard InChI is InChI=1S/C13H10F4N6/c1-23-11-7(5-19-23)10(21-12(18)22-11)20-6-2-3-8(9(14)4-6)13(15,16)17/h2-5H,1H3,(H3,18,20,21,22). The van der Waals surface area contributed by atoms with E-state index in [0.29, 0.717) is 17.1 Å². The monoisotopic (exact) mass is 326 g/mol. The molecule has 0 atom stereocenters. The lowest BCUT2D eigenvalue weighted by atomic mass is 10.2. The molecule has 0 unspecified atom stereocenters. The van der Waals surface area contributed by atoms with Crippen molar-refractivity contribution in [2.75, 3.05) is 11.1 Å². The van der Waals surface area contributed by atoms with Gasteiger partial charge in [0.1, 0.15) is 11.6 Å². The van der Waals surface area contributed by atoms with E-state index in [1.165, 1.54) is 10.9 Å². The molecule has 6 nitrogen and oxygen atoms in total. The molecule has 0 spiro atoms. The molecule has 0 aliphatic rings. The normalized spacial score (nSPS) is 11.9. The first-order valence-corrected chi connectivity index (χ1v) is 6.34. The van der Waals surface area contributed by atoms with Crippen molar-refractivity contribution >= 4 is 28.5 Å². The number of rotatable bonds is 2. The number of aryl methyl sites for hydroxylation is 1. The van der Waals surface area contributed by atoms with Crippen LogP contribution in [0.5, 0.6) is 0 Å². The van der Waals surface area contributed by atoms with Crippen LogP contribution in [0.4, 0.5) is 35.0 Å². The molecule has 3 N–H and O–H groups in total. The average molecular weight is 326 g/mol. The minimum absolute atomic E-state index is 0.0454. The van der Waals surface area contributed by atoms with Crippen molar-refractivity contribution in [1.82, 2.24) is 19.7 Å². The van der Waals surface area contributed by atoms with Gasteiger partial charge in [-0.15, -0.1) is 0 Å². The molecule has 0 saturated heterocycles. The highest BCUT2D eigenvalue weighted by molar-refractivity contribution is 5.89. The van der Waals surface area contributed by atoms with Crippen molar-refractivity contribution in [2.45, 2.75) is 6.18 Å². The summed E-state index contributed by atoms with van der Waals surface area (Å²) in [5.41, 5.74) is 4.79. The first-order valence-electron chi connectivity index (χ1n) is 6.34. The van der Waals surface area contributed by atoms with E-state index in [2.05, 4.69) is 20.4 Å². The summed E-state index contributed by atoms with van der Waals surface area (Å²) in [7, 11) is 1.65. The summed E-state index contributed by atoms with van der Waals surface area (Å²) in [6.07, 6.45) is -3.28. The van der Waals surface area contributed by atoms with Gasteiger partial charge in [0.2, 0.25) is 5.95 Å². The Morgan fingerprint density at radius 2 is 1.96 bits per heavy atom. The number of halogens is 4. The Morgan fingerprint density at radius 3 is 2.61 bits per heavy atom. The lowest BCUT2D eigenvalue weighted by Crippen LogP contribution is -2.08. The number of fused-ring (bicyclic) bond motifs is 1. The van der Waals surface area contributed by atoms with Crippen molar-refractivity contribution in [3.05, 3.63) is 35.8 Å². The number of alkyl halides is 3. The maximum absolute atomic E-state index is 13.6. The molecule has 2 aromatic heterocycles. The zero-order chi connectivity index (χ0) is 16.8. The largest absolute Gasteiger partial charge is 0.419 e. The second kappa shape index (κ2) is 5.07. The van der Waals surface area contributed by atoms with Gasteiger partial charge in [-0.25, -0.2) is 4.39 Å². The van der Waals surface area contributed by atoms with Crippen molar-refractivity contribution in [3.8, 4) is 0 Å². The number of nitrogens with zero attached hydrogens (tertiary/aromatic N) is 4. The van der Waals surface area contributed by atoms with E-state index in [0.717, 1.165) is 12.1 Å². The number of hydrogen-bond acceptors (Lipinski definition) is 5. The molecule has 23 heavy (non-hydrogen) atoms. The SMILES string of the molecule is Cn1ncc2c(Nc3ccc(C(F)(F)F)c(F)c3)nc(N)nc21. The minimum atomic E-state index is -4.75. The lowest BCUT2D eigenvalue weighted by molar-refractivity contribution is -0.139. The molecule has 120 valence electrons. The number of nitrogens with two attached hydrogens (primary N) is 1. The summed E-state index contributed by atoms with van der Waals surface area (Å²) in [6.45, 7) is 0. The van der Waals surface area contributed by atoms with E-state index in [1.807, 2.05) is 0 Å². The van der Waals surface area contributed by atoms with Crippen LogP contribution in [-0.4, -0.2) is 19.7 Å². The van der Waals surface area contributed by atoms with Crippen molar-refractivity contribution < 1.29 is 17.6 Å². The van der Waals surface area contributed by atoms with Crippen LogP contribution in [0.3, 0.4) is 0 Å². The van der Waals surface area contributed by atoms with Gasteiger partial charge in [-0.3, -0.25) is 4.68 Å². The Hall–Kier alpha value is -2.91. The summed E-state index contributed by atoms with van der Waals surface area (Å²) in [4.78, 5) is 7.97. The van der Waals surface area contributed by atoms with Crippen molar-refractivity contribution in [3.63, 3.8) is 0 Å². The van der Waals surface area contributed by atoms with Crippen LogP contribution in [0.25, 0.3) is 11.0 Å². The second-order valence-electron chi connectivity index (χ2n) is 4.75. The molecular weight excluding hydrogens is 316 g/mol. The van der Waals surface area contributed by atoms with E-state index in [9.17, 15) is 17.6 Å². The first-order chi connectivity index (χ1) is 10.8. The van der Waals surface area contributed by atoms with Gasteiger partial charge < -0.3 is 11.1 Å². The number of nitrogen functional groups attached to an aromatic ring is 1. The van der Waals surface area contributed by atoms with Crippen molar-refractivity contribution in [2.24, 2.45) is 7.05 Å². The number of hydrogen-bond donors (Lipinski definition) is 2. The average Bonchev–Trinajstić information content (AvgIpc) is 2.79. The van der Waals surface area contributed by atoms with Crippen LogP contribution in [-0.2, 0) is 13.2 Å². The van der Waals surface area contributed by atoms with E-state index >= 15 is 0 Å². The summed E-state index contributed by atoms with van der Waals surface area (Å²) < 4.78 is 52.8. The summed E-state index contributed by atoms with van der Waals surface area (Å²) >= 11 is 0. The highest BCUT2D eigenvalue weighted by atomic mass is 19.4. The number of nitrogens with one attached hydrogen (secondary N) is 1. The van der Waals surface area contributed by atoms with Gasteiger partial charge in [-0.05, 0) is 18.2 Å². The van der Waals surface area contributed by atoms with Gasteiger partial charge >= 0.3 is 6.18 Å². The Balaban J connectivity index is 2.01. The van der Waals surface area contributed by atoms with E-state index in [1.54, 1.807) is 7.05 Å². The molecule has 10 heteroatoms. The van der Waals surface area contributed by atoms with Crippen LogP contribution in [0.15, 0.2) is 24.4 Å². The van der Waals surface area contributed by atoms with Crippen LogP contribution >= 0.6 is 0 Å². The van der Waals surface area contributed by atoms with Crippen molar-refractivity contribution in [1.29, 1.82) is 0 Å².